The van der Waals surface area contributed by atoms with E-state index < -0.39 is 0 Å². The lowest BCUT2D eigenvalue weighted by Gasteiger charge is -2.22. The van der Waals surface area contributed by atoms with Crippen LogP contribution in [0, 0.1) is 0 Å². The highest BCUT2D eigenvalue weighted by molar-refractivity contribution is 6.13. The van der Waals surface area contributed by atoms with Crippen LogP contribution in [0.5, 0.6) is 0 Å². The molecule has 9 rings (SSSR count). The van der Waals surface area contributed by atoms with Crippen LogP contribution in [0.3, 0.4) is 0 Å². The Morgan fingerprint density at radius 1 is 0.571 bits per heavy atom. The van der Waals surface area contributed by atoms with E-state index in [1.54, 1.807) is 0 Å². The van der Waals surface area contributed by atoms with Crippen molar-refractivity contribution in [2.45, 2.75) is 19.3 Å². The molecule has 1 aliphatic rings. The highest BCUT2D eigenvalue weighted by Gasteiger charge is 2.35. The highest BCUT2D eigenvalue weighted by Crippen LogP contribution is 2.49. The molecule has 0 unspecified atom stereocenters. The summed E-state index contributed by atoms with van der Waals surface area (Å²) in [6, 6.07) is 41.1. The van der Waals surface area contributed by atoms with E-state index in [1.165, 1.54) is 43.8 Å². The molecule has 0 saturated carbocycles. The maximum absolute atomic E-state index is 5.33. The lowest BCUT2D eigenvalue weighted by molar-refractivity contribution is 0.660. The van der Waals surface area contributed by atoms with Gasteiger partial charge in [-0.15, -0.1) is 0 Å². The van der Waals surface area contributed by atoms with E-state index in [-0.39, 0.29) is 5.41 Å². The van der Waals surface area contributed by atoms with Gasteiger partial charge in [0.1, 0.15) is 0 Å². The van der Waals surface area contributed by atoms with Crippen molar-refractivity contribution in [1.29, 1.82) is 0 Å². The molecule has 0 aliphatic heterocycles. The van der Waals surface area contributed by atoms with Gasteiger partial charge in [-0.2, -0.15) is 4.98 Å². The van der Waals surface area contributed by atoms with Gasteiger partial charge in [0.25, 0.3) is 0 Å². The summed E-state index contributed by atoms with van der Waals surface area (Å²) in [5.74, 6) is 0.626. The second-order valence-electron chi connectivity index (χ2n) is 11.7. The molecule has 0 amide bonds. The molecule has 0 saturated heterocycles. The fourth-order valence-corrected chi connectivity index (χ4v) is 6.99. The largest absolute Gasteiger partial charge is 0.278 e. The monoisotopic (exact) mass is 538 g/mol. The van der Waals surface area contributed by atoms with Crippen molar-refractivity contribution in [3.63, 3.8) is 0 Å². The first-order valence-corrected chi connectivity index (χ1v) is 14.4. The number of nitrogens with zero attached hydrogens (tertiary/aromatic N) is 4. The number of aromatic nitrogens is 4. The molecule has 0 spiro atoms. The van der Waals surface area contributed by atoms with E-state index in [2.05, 4.69) is 128 Å². The van der Waals surface area contributed by atoms with Crippen molar-refractivity contribution in [2.24, 2.45) is 0 Å². The average molecular weight is 539 g/mol. The minimum Gasteiger partial charge on any atom is -0.278 e. The Bertz CT molecular complexity index is 2400. The lowest BCUT2D eigenvalue weighted by atomic mass is 9.82. The molecule has 3 heterocycles. The van der Waals surface area contributed by atoms with Gasteiger partial charge in [0, 0.05) is 33.3 Å². The van der Waals surface area contributed by atoms with Crippen LogP contribution < -0.4 is 0 Å². The predicted octanol–water partition coefficient (Wildman–Crippen LogP) is 9.25. The summed E-state index contributed by atoms with van der Waals surface area (Å²) >= 11 is 0. The van der Waals surface area contributed by atoms with Crippen LogP contribution in [-0.2, 0) is 5.41 Å². The minimum atomic E-state index is -0.0975. The van der Waals surface area contributed by atoms with Gasteiger partial charge >= 0.3 is 0 Å². The Morgan fingerprint density at radius 3 is 2.21 bits per heavy atom. The van der Waals surface area contributed by atoms with Crippen molar-refractivity contribution in [3.05, 3.63) is 133 Å². The van der Waals surface area contributed by atoms with Gasteiger partial charge in [-0.3, -0.25) is 4.57 Å². The smallest absolute Gasteiger partial charge is 0.237 e. The number of rotatable bonds is 2. The third-order valence-electron chi connectivity index (χ3n) is 9.06. The van der Waals surface area contributed by atoms with Gasteiger partial charge in [-0.25, -0.2) is 9.97 Å². The summed E-state index contributed by atoms with van der Waals surface area (Å²) in [6.45, 7) is 4.63. The summed E-state index contributed by atoms with van der Waals surface area (Å²) in [5, 5.41) is 5.72. The lowest BCUT2D eigenvalue weighted by Crippen LogP contribution is -2.15. The molecular formula is C38H26N4. The van der Waals surface area contributed by atoms with E-state index in [4.69, 9.17) is 15.0 Å². The fourth-order valence-electron chi connectivity index (χ4n) is 6.99. The van der Waals surface area contributed by atoms with Crippen molar-refractivity contribution in [3.8, 4) is 28.3 Å². The molecular weight excluding hydrogens is 512 g/mol. The van der Waals surface area contributed by atoms with E-state index in [9.17, 15) is 0 Å². The minimum absolute atomic E-state index is 0.0975. The van der Waals surface area contributed by atoms with Gasteiger partial charge in [-0.1, -0.05) is 92.7 Å². The Hall–Kier alpha value is -5.35. The molecule has 0 bridgehead atoms. The molecule has 1 aliphatic carbocycles. The molecule has 4 nitrogen and oxygen atoms in total. The number of pyridine rings is 1. The Balaban J connectivity index is 1.34. The van der Waals surface area contributed by atoms with Crippen LogP contribution in [-0.4, -0.2) is 19.5 Å². The SMILES string of the molecule is CC1(C)c2ccccc2-c2ccc(-c3nc(-n4c5ccccc5c5cc6ccccc6cc54)nc4ncccc34)cc21. The molecule has 0 atom stereocenters. The third kappa shape index (κ3) is 3.15. The first-order chi connectivity index (χ1) is 20.6. The van der Waals surface area contributed by atoms with Crippen molar-refractivity contribution < 1.29 is 0 Å². The fraction of sp³-hybridized carbons (Fsp3) is 0.0789. The zero-order valence-corrected chi connectivity index (χ0v) is 23.3. The molecule has 198 valence electrons. The first kappa shape index (κ1) is 23.4. The van der Waals surface area contributed by atoms with Gasteiger partial charge in [0.2, 0.25) is 5.95 Å². The first-order valence-electron chi connectivity index (χ1n) is 14.4. The summed E-state index contributed by atoms with van der Waals surface area (Å²) < 4.78 is 2.20. The standard InChI is InChI=1S/C38H26N4/c1-38(2)31-15-7-5-12-26(31)27-18-17-25(21-32(27)38)35-29-14-9-19-39-36(29)41-37(40-35)42-33-16-8-6-13-28(33)30-20-23-10-3-4-11-24(23)22-34(30)42/h3-22H,1-2H3. The van der Waals surface area contributed by atoms with Crippen LogP contribution in [0.4, 0.5) is 0 Å². The highest BCUT2D eigenvalue weighted by atomic mass is 15.2. The molecule has 0 N–H and O–H groups in total. The van der Waals surface area contributed by atoms with Crippen LogP contribution in [0.2, 0.25) is 0 Å². The number of hydrogen-bond donors (Lipinski definition) is 0. The summed E-state index contributed by atoms with van der Waals surface area (Å²) in [4.78, 5) is 15.1. The quantitative estimate of drug-likeness (QED) is 0.220. The van der Waals surface area contributed by atoms with Crippen LogP contribution in [0.15, 0.2) is 121 Å². The maximum atomic E-state index is 5.33. The van der Waals surface area contributed by atoms with Gasteiger partial charge in [-0.05, 0) is 69.4 Å². The zero-order valence-electron chi connectivity index (χ0n) is 23.3. The topological polar surface area (TPSA) is 43.6 Å². The predicted molar refractivity (Wildman–Crippen MR) is 172 cm³/mol. The van der Waals surface area contributed by atoms with Gasteiger partial charge in [0.05, 0.1) is 16.7 Å². The summed E-state index contributed by atoms with van der Waals surface area (Å²) in [6.07, 6.45) is 1.81. The van der Waals surface area contributed by atoms with Crippen molar-refractivity contribution >= 4 is 43.6 Å². The van der Waals surface area contributed by atoms with Crippen LogP contribution in [0.1, 0.15) is 25.0 Å². The molecule has 3 aromatic heterocycles. The molecule has 0 radical (unpaired) electrons. The van der Waals surface area contributed by atoms with Crippen molar-refractivity contribution in [1.82, 2.24) is 19.5 Å². The number of para-hydroxylation sites is 1. The Labute approximate surface area is 242 Å². The van der Waals surface area contributed by atoms with E-state index in [1.807, 2.05) is 12.3 Å². The number of hydrogen-bond acceptors (Lipinski definition) is 3. The number of fused-ring (bicyclic) bond motifs is 8. The summed E-state index contributed by atoms with van der Waals surface area (Å²) in [5.41, 5.74) is 10.0. The average Bonchev–Trinajstić information content (AvgIpc) is 3.47. The third-order valence-corrected chi connectivity index (χ3v) is 9.06. The molecule has 4 heteroatoms. The zero-order chi connectivity index (χ0) is 28.0. The summed E-state index contributed by atoms with van der Waals surface area (Å²) in [7, 11) is 0. The van der Waals surface area contributed by atoms with Crippen molar-refractivity contribution in [2.75, 3.05) is 0 Å². The molecule has 0 fully saturated rings. The second-order valence-corrected chi connectivity index (χ2v) is 11.7. The maximum Gasteiger partial charge on any atom is 0.237 e. The number of benzene rings is 5. The Kier molecular flexibility index (Phi) is 4.64. The Morgan fingerprint density at radius 2 is 1.31 bits per heavy atom. The van der Waals surface area contributed by atoms with Crippen LogP contribution in [0.25, 0.3) is 71.9 Å². The molecule has 5 aromatic carbocycles. The van der Waals surface area contributed by atoms with E-state index >= 15 is 0 Å². The normalized spacial score (nSPS) is 13.7. The van der Waals surface area contributed by atoms with Crippen LogP contribution >= 0.6 is 0 Å². The van der Waals surface area contributed by atoms with E-state index in [0.717, 1.165) is 27.7 Å². The van der Waals surface area contributed by atoms with Gasteiger partial charge < -0.3 is 0 Å². The van der Waals surface area contributed by atoms with Gasteiger partial charge in [0.15, 0.2) is 5.65 Å². The molecule has 8 aromatic rings. The van der Waals surface area contributed by atoms with E-state index in [0.29, 0.717) is 11.6 Å². The molecule has 42 heavy (non-hydrogen) atoms. The second kappa shape index (κ2) is 8.34.